The van der Waals surface area contributed by atoms with Crippen LogP contribution < -0.4 is 10.0 Å². The number of pyridine rings is 1. The maximum Gasteiger partial charge on any atom is 0.333 e. The van der Waals surface area contributed by atoms with Gasteiger partial charge in [0.25, 0.3) is 10.0 Å². The van der Waals surface area contributed by atoms with E-state index in [9.17, 15) is 13.2 Å². The molecule has 0 bridgehead atoms. The van der Waals surface area contributed by atoms with Gasteiger partial charge in [0.15, 0.2) is 0 Å². The minimum absolute atomic E-state index is 0.0214. The largest absolute Gasteiger partial charge is 0.336 e. The molecule has 0 radical (unpaired) electrons. The molecule has 2 amide bonds. The number of rotatable bonds is 6. The second-order valence-corrected chi connectivity index (χ2v) is 11.1. The van der Waals surface area contributed by atoms with Crippen LogP contribution in [-0.2, 0) is 36.5 Å². The van der Waals surface area contributed by atoms with Crippen molar-refractivity contribution >= 4 is 32.8 Å². The Hall–Kier alpha value is -3.66. The van der Waals surface area contributed by atoms with Gasteiger partial charge in [-0.05, 0) is 66.8 Å². The number of fused-ring (bicyclic) bond motifs is 2. The van der Waals surface area contributed by atoms with Crippen LogP contribution in [0.3, 0.4) is 0 Å². The fourth-order valence-electron chi connectivity index (χ4n) is 4.90. The fraction of sp³-hybridized carbons (Fsp3) is 0.320. The first kappa shape index (κ1) is 21.8. The highest BCUT2D eigenvalue weighted by Gasteiger charge is 2.26. The van der Waals surface area contributed by atoms with Gasteiger partial charge < -0.3 is 9.88 Å². The number of nitrogens with one attached hydrogen (secondary N) is 2. The third kappa shape index (κ3) is 4.07. The summed E-state index contributed by atoms with van der Waals surface area (Å²) in [7, 11) is -2.12. The van der Waals surface area contributed by atoms with E-state index in [4.69, 9.17) is 0 Å². The number of amides is 2. The molecule has 2 aliphatic carbocycles. The highest BCUT2D eigenvalue weighted by molar-refractivity contribution is 7.90. The van der Waals surface area contributed by atoms with Gasteiger partial charge in [-0.2, -0.15) is 5.10 Å². The van der Waals surface area contributed by atoms with Crippen molar-refractivity contribution in [2.45, 2.75) is 43.5 Å². The van der Waals surface area contributed by atoms with Crippen molar-refractivity contribution < 1.29 is 13.2 Å². The summed E-state index contributed by atoms with van der Waals surface area (Å²) in [5, 5.41) is 7.98. The molecule has 1 saturated carbocycles. The summed E-state index contributed by atoms with van der Waals surface area (Å²) in [5.74, 6) is 0.560. The summed E-state index contributed by atoms with van der Waals surface area (Å²) >= 11 is 0. The molecule has 9 nitrogen and oxygen atoms in total. The average molecular weight is 491 g/mol. The third-order valence-electron chi connectivity index (χ3n) is 6.87. The van der Waals surface area contributed by atoms with Crippen LogP contribution in [-0.4, -0.2) is 33.8 Å². The highest BCUT2D eigenvalue weighted by Crippen LogP contribution is 2.40. The first-order valence-electron chi connectivity index (χ1n) is 11.8. The normalized spacial score (nSPS) is 15.3. The van der Waals surface area contributed by atoms with Crippen LogP contribution in [0.2, 0.25) is 0 Å². The topological polar surface area (TPSA) is 111 Å². The SMILES string of the molecule is Cn1ccc2c(-c3ccc4c(c3NC(=O)NS(=O)(=O)c3cnn(CC5CC5)c3)CCC4)ccnc21. The molecule has 10 heteroatoms. The predicted molar refractivity (Wildman–Crippen MR) is 132 cm³/mol. The Morgan fingerprint density at radius 1 is 1.14 bits per heavy atom. The number of benzene rings is 1. The van der Waals surface area contributed by atoms with Crippen LogP contribution in [0.25, 0.3) is 22.2 Å². The number of aryl methyl sites for hydroxylation is 2. The Kier molecular flexibility index (Phi) is 5.14. The van der Waals surface area contributed by atoms with Crippen molar-refractivity contribution in [2.75, 3.05) is 5.32 Å². The maximum atomic E-state index is 13.0. The number of urea groups is 1. The van der Waals surface area contributed by atoms with Crippen LogP contribution in [0.1, 0.15) is 30.4 Å². The lowest BCUT2D eigenvalue weighted by Crippen LogP contribution is -2.34. The molecule has 2 N–H and O–H groups in total. The molecule has 0 saturated heterocycles. The fourth-order valence-corrected chi connectivity index (χ4v) is 5.76. The van der Waals surface area contributed by atoms with Gasteiger partial charge in [-0.25, -0.2) is 22.9 Å². The van der Waals surface area contributed by atoms with Crippen LogP contribution in [0, 0.1) is 5.92 Å². The molecule has 0 spiro atoms. The molecule has 2 aliphatic rings. The van der Waals surface area contributed by atoms with Crippen molar-refractivity contribution in [1.29, 1.82) is 0 Å². The van der Waals surface area contributed by atoms with Gasteiger partial charge in [-0.1, -0.05) is 12.1 Å². The molecule has 4 aromatic rings. The summed E-state index contributed by atoms with van der Waals surface area (Å²) in [6.45, 7) is 0.696. The van der Waals surface area contributed by atoms with E-state index in [1.807, 2.05) is 36.0 Å². The van der Waals surface area contributed by atoms with Crippen molar-refractivity contribution in [3.63, 3.8) is 0 Å². The Morgan fingerprint density at radius 3 is 2.83 bits per heavy atom. The number of hydrogen-bond acceptors (Lipinski definition) is 5. The zero-order valence-electron chi connectivity index (χ0n) is 19.4. The first-order chi connectivity index (χ1) is 16.9. The van der Waals surface area contributed by atoms with Gasteiger partial charge in [0.05, 0.1) is 11.9 Å². The number of hydrogen-bond donors (Lipinski definition) is 2. The van der Waals surface area contributed by atoms with E-state index in [1.165, 1.54) is 18.0 Å². The molecule has 0 unspecified atom stereocenters. The predicted octanol–water partition coefficient (Wildman–Crippen LogP) is 3.85. The van der Waals surface area contributed by atoms with E-state index in [1.54, 1.807) is 10.9 Å². The minimum atomic E-state index is -4.06. The van der Waals surface area contributed by atoms with Gasteiger partial charge in [0.1, 0.15) is 10.5 Å². The second kappa shape index (κ2) is 8.23. The monoisotopic (exact) mass is 490 g/mol. The quantitative estimate of drug-likeness (QED) is 0.427. The zero-order valence-corrected chi connectivity index (χ0v) is 20.2. The van der Waals surface area contributed by atoms with Gasteiger partial charge in [-0.3, -0.25) is 4.68 Å². The van der Waals surface area contributed by atoms with E-state index in [0.29, 0.717) is 18.2 Å². The summed E-state index contributed by atoms with van der Waals surface area (Å²) in [6, 6.07) is 7.23. The number of nitrogens with zero attached hydrogens (tertiary/aromatic N) is 4. The second-order valence-electron chi connectivity index (χ2n) is 9.40. The van der Waals surface area contributed by atoms with Crippen LogP contribution >= 0.6 is 0 Å². The molecule has 3 aromatic heterocycles. The van der Waals surface area contributed by atoms with Crippen molar-refractivity contribution in [3.05, 3.63) is 60.2 Å². The molecule has 0 atom stereocenters. The van der Waals surface area contributed by atoms with Gasteiger partial charge in [0.2, 0.25) is 0 Å². The van der Waals surface area contributed by atoms with Crippen molar-refractivity contribution in [2.24, 2.45) is 13.0 Å². The third-order valence-corrected chi connectivity index (χ3v) is 8.15. The lowest BCUT2D eigenvalue weighted by atomic mass is 9.96. The Balaban J connectivity index is 1.32. The number of carbonyl (C=O) groups excluding carboxylic acids is 1. The van der Waals surface area contributed by atoms with Gasteiger partial charge in [-0.15, -0.1) is 0 Å². The lowest BCUT2D eigenvalue weighted by molar-refractivity contribution is 0.256. The smallest absolute Gasteiger partial charge is 0.333 e. The number of sulfonamides is 1. The minimum Gasteiger partial charge on any atom is -0.336 e. The van der Waals surface area contributed by atoms with Gasteiger partial charge in [0, 0.05) is 43.1 Å². The Labute approximate surface area is 203 Å². The molecule has 0 aliphatic heterocycles. The number of carbonyl (C=O) groups is 1. The highest BCUT2D eigenvalue weighted by atomic mass is 32.2. The van der Waals surface area contributed by atoms with Crippen LogP contribution in [0.15, 0.2) is 53.9 Å². The molecule has 3 heterocycles. The summed E-state index contributed by atoms with van der Waals surface area (Å²) < 4.78 is 31.5. The van der Waals surface area contributed by atoms with E-state index >= 15 is 0 Å². The maximum absolute atomic E-state index is 13.0. The summed E-state index contributed by atoms with van der Waals surface area (Å²) in [6.07, 6.45) is 11.5. The van der Waals surface area contributed by atoms with E-state index in [0.717, 1.165) is 59.8 Å². The Bertz CT molecular complexity index is 1570. The molecule has 180 valence electrons. The van der Waals surface area contributed by atoms with E-state index < -0.39 is 16.1 Å². The number of anilines is 1. The lowest BCUT2D eigenvalue weighted by Gasteiger charge is -2.17. The Morgan fingerprint density at radius 2 is 2.00 bits per heavy atom. The summed E-state index contributed by atoms with van der Waals surface area (Å²) in [4.78, 5) is 17.5. The standard InChI is InChI=1S/C25H26N6O3S/c1-30-12-10-22-20(9-11-26-24(22)30)21-8-7-17-3-2-4-19(17)23(21)28-25(32)29-35(33,34)18-13-27-31(15-18)14-16-5-6-16/h7-13,15-16H,2-6,14H2,1H3,(H2,28,29,32). The molecular weight excluding hydrogens is 464 g/mol. The molecular formula is C25H26N6O3S. The van der Waals surface area contributed by atoms with Crippen molar-refractivity contribution in [3.8, 4) is 11.1 Å². The van der Waals surface area contributed by atoms with Crippen LogP contribution in [0.4, 0.5) is 10.5 Å². The van der Waals surface area contributed by atoms with Crippen LogP contribution in [0.5, 0.6) is 0 Å². The number of aromatic nitrogens is 4. The van der Waals surface area contributed by atoms with E-state index in [-0.39, 0.29) is 4.90 Å². The average Bonchev–Trinajstić information content (AvgIpc) is 3.19. The summed E-state index contributed by atoms with van der Waals surface area (Å²) in [5.41, 5.74) is 5.48. The van der Waals surface area contributed by atoms with Crippen molar-refractivity contribution in [1.82, 2.24) is 24.1 Å². The van der Waals surface area contributed by atoms with Gasteiger partial charge >= 0.3 is 6.03 Å². The van der Waals surface area contributed by atoms with E-state index in [2.05, 4.69) is 26.2 Å². The molecule has 1 aromatic carbocycles. The molecule has 1 fully saturated rings. The molecule has 35 heavy (non-hydrogen) atoms. The zero-order chi connectivity index (χ0) is 24.2. The molecule has 6 rings (SSSR count). The first-order valence-corrected chi connectivity index (χ1v) is 13.3.